The monoisotopic (exact) mass is 347 g/mol. The first-order valence-electron chi connectivity index (χ1n) is 7.69. The van der Waals surface area contributed by atoms with Crippen molar-refractivity contribution < 1.29 is 24.0 Å². The van der Waals surface area contributed by atoms with Crippen molar-refractivity contribution in [3.63, 3.8) is 0 Å². The summed E-state index contributed by atoms with van der Waals surface area (Å²) >= 11 is 0. The van der Waals surface area contributed by atoms with Gasteiger partial charge in [0.2, 0.25) is 11.8 Å². The molecule has 0 aliphatic rings. The van der Waals surface area contributed by atoms with Crippen molar-refractivity contribution in [2.75, 3.05) is 6.61 Å². The second kappa shape index (κ2) is 9.51. The third kappa shape index (κ3) is 9.19. The molecule has 0 aromatic rings. The predicted octanol–water partition coefficient (Wildman–Crippen LogP) is 1.14. The van der Waals surface area contributed by atoms with Gasteiger partial charge < -0.3 is 19.9 Å². The van der Waals surface area contributed by atoms with Crippen molar-refractivity contribution in [1.82, 2.24) is 15.8 Å². The smallest absolute Gasteiger partial charge is 0.433 e. The van der Waals surface area contributed by atoms with Crippen molar-refractivity contribution in [3.05, 3.63) is 0 Å². The third-order valence-corrected chi connectivity index (χ3v) is 3.73. The Morgan fingerprint density at radius 3 is 2.04 bits per heavy atom. The van der Waals surface area contributed by atoms with Crippen molar-refractivity contribution in [2.24, 2.45) is 5.92 Å². The second-order valence-corrected chi connectivity index (χ2v) is 11.3. The Balaban J connectivity index is 4.61. The number of hydrogen-bond acceptors (Lipinski definition) is 6. The lowest BCUT2D eigenvalue weighted by Crippen LogP contribution is -2.57. The minimum atomic E-state index is -1.77. The van der Waals surface area contributed by atoms with Crippen molar-refractivity contribution >= 4 is 26.2 Å². The molecule has 0 radical (unpaired) electrons. The van der Waals surface area contributed by atoms with Gasteiger partial charge in [0.05, 0.1) is 6.61 Å². The highest BCUT2D eigenvalue weighted by Gasteiger charge is 2.28. The predicted molar refractivity (Wildman–Crippen MR) is 89.0 cm³/mol. The first-order chi connectivity index (χ1) is 10.5. The van der Waals surface area contributed by atoms with E-state index in [4.69, 9.17) is 0 Å². The molecule has 0 aliphatic carbocycles. The van der Waals surface area contributed by atoms with E-state index in [1.165, 1.54) is 0 Å². The third-order valence-electron chi connectivity index (χ3n) is 2.73. The zero-order chi connectivity index (χ0) is 18.2. The maximum Gasteiger partial charge on any atom is 0.527 e. The molecule has 2 atom stereocenters. The number of amides is 2. The van der Waals surface area contributed by atoms with Gasteiger partial charge in [0.15, 0.2) is 0 Å². The van der Waals surface area contributed by atoms with Crippen LogP contribution in [0.1, 0.15) is 27.7 Å². The van der Waals surface area contributed by atoms with E-state index in [1.807, 2.05) is 19.6 Å². The molecule has 0 aromatic heterocycles. The Morgan fingerprint density at radius 1 is 1.04 bits per heavy atom. The maximum atomic E-state index is 12.3. The summed E-state index contributed by atoms with van der Waals surface area (Å²) in [6.07, 6.45) is -0.907. The molecule has 23 heavy (non-hydrogen) atoms. The lowest BCUT2D eigenvalue weighted by atomic mass is 10.0. The Kier molecular flexibility index (Phi) is 8.84. The van der Waals surface area contributed by atoms with Crippen LogP contribution in [-0.4, -0.2) is 44.9 Å². The summed E-state index contributed by atoms with van der Waals surface area (Å²) < 4.78 is 4.61. The first-order valence-corrected chi connectivity index (χ1v) is 11.2. The van der Waals surface area contributed by atoms with Gasteiger partial charge in [0, 0.05) is 0 Å². The van der Waals surface area contributed by atoms with E-state index in [2.05, 4.69) is 25.4 Å². The molecule has 3 N–H and O–H groups in total. The Bertz CT molecular complexity index is 423. The second-order valence-electron chi connectivity index (χ2n) is 6.59. The molecule has 0 fully saturated rings. The van der Waals surface area contributed by atoms with Crippen molar-refractivity contribution in [2.45, 2.75) is 59.4 Å². The summed E-state index contributed by atoms with van der Waals surface area (Å²) in [7, 11) is -1.77. The van der Waals surface area contributed by atoms with Crippen LogP contribution in [0.15, 0.2) is 0 Å². The van der Waals surface area contributed by atoms with Gasteiger partial charge in [-0.2, -0.15) is 0 Å². The standard InChI is InChI=1S/C14H29N3O5Si/c1-8-21-14(20)22-16-11(9(2)3)13(19)15-10(4)12(18)17-23(5,6)7/h9-11,16H,8H2,1-7H3,(H,15,19)(H,17,18). The van der Waals surface area contributed by atoms with Crippen LogP contribution in [0.25, 0.3) is 0 Å². The van der Waals surface area contributed by atoms with Gasteiger partial charge in [-0.05, 0) is 19.8 Å². The van der Waals surface area contributed by atoms with Crippen LogP contribution in [0.5, 0.6) is 0 Å². The number of carbonyl (C=O) groups excluding carboxylic acids is 3. The highest BCUT2D eigenvalue weighted by atomic mass is 28.3. The van der Waals surface area contributed by atoms with Crippen molar-refractivity contribution in [1.29, 1.82) is 0 Å². The Labute approximate surface area is 138 Å². The molecule has 0 bridgehead atoms. The molecule has 134 valence electrons. The van der Waals surface area contributed by atoms with E-state index in [0.717, 1.165) is 0 Å². The van der Waals surface area contributed by atoms with Gasteiger partial charge in [-0.1, -0.05) is 33.5 Å². The van der Waals surface area contributed by atoms with E-state index in [-0.39, 0.29) is 18.4 Å². The lowest BCUT2D eigenvalue weighted by Gasteiger charge is -2.25. The number of hydrogen-bond donors (Lipinski definition) is 3. The van der Waals surface area contributed by atoms with Gasteiger partial charge in [-0.15, -0.1) is 5.48 Å². The fourth-order valence-electron chi connectivity index (χ4n) is 1.60. The normalized spacial score (nSPS) is 13.9. The Hall–Kier alpha value is -1.61. The number of rotatable bonds is 8. The molecule has 0 aromatic carbocycles. The lowest BCUT2D eigenvalue weighted by molar-refractivity contribution is -0.132. The van der Waals surface area contributed by atoms with Crippen LogP contribution in [0, 0.1) is 5.92 Å². The van der Waals surface area contributed by atoms with Crippen LogP contribution in [-0.2, 0) is 19.2 Å². The minimum absolute atomic E-state index is 0.156. The summed E-state index contributed by atoms with van der Waals surface area (Å²) in [5.74, 6) is -0.814. The molecule has 0 rings (SSSR count). The molecular formula is C14H29N3O5Si. The molecule has 2 amide bonds. The van der Waals surface area contributed by atoms with Gasteiger partial charge in [-0.3, -0.25) is 9.59 Å². The van der Waals surface area contributed by atoms with E-state index in [0.29, 0.717) is 0 Å². The molecule has 2 unspecified atom stereocenters. The zero-order valence-corrected chi connectivity index (χ0v) is 16.0. The molecule has 0 heterocycles. The van der Waals surface area contributed by atoms with E-state index in [9.17, 15) is 14.4 Å². The largest absolute Gasteiger partial charge is 0.527 e. The number of carbonyl (C=O) groups is 3. The highest BCUT2D eigenvalue weighted by molar-refractivity contribution is 6.75. The van der Waals surface area contributed by atoms with Crippen LogP contribution in [0.4, 0.5) is 4.79 Å². The maximum absolute atomic E-state index is 12.3. The number of hydroxylamine groups is 1. The molecule has 0 saturated carbocycles. The summed E-state index contributed by atoms with van der Waals surface area (Å²) in [5, 5.41) is 2.62. The number of nitrogens with one attached hydrogen (secondary N) is 3. The molecular weight excluding hydrogens is 318 g/mol. The van der Waals surface area contributed by atoms with Crippen LogP contribution in [0.2, 0.25) is 19.6 Å². The molecule has 9 heteroatoms. The summed E-state index contributed by atoms with van der Waals surface area (Å²) in [4.78, 5) is 43.1. The van der Waals surface area contributed by atoms with E-state index in [1.54, 1.807) is 27.7 Å². The zero-order valence-electron chi connectivity index (χ0n) is 15.0. The molecule has 0 aliphatic heterocycles. The quantitative estimate of drug-likeness (QED) is 0.345. The summed E-state index contributed by atoms with van der Waals surface area (Å²) in [5.41, 5.74) is 2.39. The van der Waals surface area contributed by atoms with E-state index < -0.39 is 32.4 Å². The minimum Gasteiger partial charge on any atom is -0.433 e. The van der Waals surface area contributed by atoms with Crippen molar-refractivity contribution in [3.8, 4) is 0 Å². The average Bonchev–Trinajstić information content (AvgIpc) is 2.36. The van der Waals surface area contributed by atoms with Crippen LogP contribution < -0.4 is 15.8 Å². The molecule has 8 nitrogen and oxygen atoms in total. The SMILES string of the molecule is CCOC(=O)ONC(C(=O)NC(C)C(=O)N[Si](C)(C)C)C(C)C. The van der Waals surface area contributed by atoms with Gasteiger partial charge in [0.1, 0.15) is 20.3 Å². The molecule has 0 spiro atoms. The Morgan fingerprint density at radius 2 is 1.61 bits per heavy atom. The van der Waals surface area contributed by atoms with Gasteiger partial charge in [-0.25, -0.2) is 4.79 Å². The van der Waals surface area contributed by atoms with E-state index >= 15 is 0 Å². The fraction of sp³-hybridized carbons (Fsp3) is 0.786. The summed E-state index contributed by atoms with van der Waals surface area (Å²) in [6, 6.07) is -1.47. The summed E-state index contributed by atoms with van der Waals surface area (Å²) in [6.45, 7) is 13.0. The first kappa shape index (κ1) is 21.4. The van der Waals surface area contributed by atoms with Gasteiger partial charge in [0.25, 0.3) is 0 Å². The average molecular weight is 347 g/mol. The van der Waals surface area contributed by atoms with Crippen LogP contribution >= 0.6 is 0 Å². The topological polar surface area (TPSA) is 106 Å². The number of ether oxygens (including phenoxy) is 1. The fourth-order valence-corrected chi connectivity index (χ4v) is 2.55. The van der Waals surface area contributed by atoms with Crippen LogP contribution in [0.3, 0.4) is 0 Å². The molecule has 0 saturated heterocycles. The van der Waals surface area contributed by atoms with Gasteiger partial charge >= 0.3 is 6.16 Å². The highest BCUT2D eigenvalue weighted by Crippen LogP contribution is 2.03.